The summed E-state index contributed by atoms with van der Waals surface area (Å²) in [5.41, 5.74) is 23.5. The predicted octanol–water partition coefficient (Wildman–Crippen LogP) is 8.67. The van der Waals surface area contributed by atoms with Crippen molar-refractivity contribution in [1.82, 2.24) is 0 Å². The molecule has 3 aliphatic rings. The first kappa shape index (κ1) is 26.7. The highest BCUT2D eigenvalue weighted by Gasteiger charge is 2.33. The van der Waals surface area contributed by atoms with Crippen LogP contribution in [0.15, 0.2) is 35.1 Å². The Balaban J connectivity index is 1.53. The van der Waals surface area contributed by atoms with Gasteiger partial charge in [-0.15, -0.1) is 0 Å². The maximum atomic E-state index is 2.50. The SMILES string of the molecule is Cc1c(C)c(C)c2c(c1C)CC(=CC1=CC(=CC3=[N+](C)c4c(C)c(C)c(C)c(C)c4C3)CC(C)(C)C1)N2C. The molecule has 0 saturated heterocycles. The van der Waals surface area contributed by atoms with Crippen molar-refractivity contribution in [1.29, 1.82) is 0 Å². The summed E-state index contributed by atoms with van der Waals surface area (Å²) in [7, 11) is 4.53. The van der Waals surface area contributed by atoms with Crippen LogP contribution in [0.4, 0.5) is 11.4 Å². The fourth-order valence-electron chi connectivity index (χ4n) is 7.38. The minimum atomic E-state index is 0.250. The van der Waals surface area contributed by atoms with Crippen molar-refractivity contribution < 1.29 is 4.58 Å². The highest BCUT2D eigenvalue weighted by molar-refractivity contribution is 5.98. The summed E-state index contributed by atoms with van der Waals surface area (Å²) < 4.78 is 2.46. The number of nitrogens with zero attached hydrogens (tertiary/aromatic N) is 2. The molecule has 2 heterocycles. The second-order valence-electron chi connectivity index (χ2n) is 13.2. The highest BCUT2D eigenvalue weighted by Crippen LogP contribution is 2.44. The molecule has 200 valence electrons. The summed E-state index contributed by atoms with van der Waals surface area (Å²) in [6.45, 7) is 23.2. The molecule has 2 aromatic rings. The van der Waals surface area contributed by atoms with Gasteiger partial charge in [0.15, 0.2) is 5.71 Å². The van der Waals surface area contributed by atoms with Gasteiger partial charge >= 0.3 is 0 Å². The molecule has 0 bridgehead atoms. The summed E-state index contributed by atoms with van der Waals surface area (Å²) in [5.74, 6) is 0. The zero-order valence-corrected chi connectivity index (χ0v) is 26.0. The van der Waals surface area contributed by atoms with E-state index in [1.54, 1.807) is 0 Å². The summed E-state index contributed by atoms with van der Waals surface area (Å²) in [6.07, 6.45) is 11.8. The lowest BCUT2D eigenvalue weighted by Crippen LogP contribution is -2.19. The normalized spacial score (nSPS) is 20.5. The molecule has 2 aromatic carbocycles. The Bertz CT molecular complexity index is 1520. The third-order valence-corrected chi connectivity index (χ3v) is 10.3. The van der Waals surface area contributed by atoms with Crippen LogP contribution in [0.2, 0.25) is 0 Å². The first-order valence-corrected chi connectivity index (χ1v) is 14.3. The third-order valence-electron chi connectivity index (χ3n) is 10.3. The number of hydrogen-bond donors (Lipinski definition) is 0. The Morgan fingerprint density at radius 1 is 0.711 bits per heavy atom. The maximum absolute atomic E-state index is 2.50. The van der Waals surface area contributed by atoms with Gasteiger partial charge in [0, 0.05) is 42.1 Å². The van der Waals surface area contributed by atoms with E-state index in [2.05, 4.69) is 111 Å². The van der Waals surface area contributed by atoms with E-state index in [-0.39, 0.29) is 5.41 Å². The molecule has 0 N–H and O–H groups in total. The molecule has 38 heavy (non-hydrogen) atoms. The average Bonchev–Trinajstić information content (AvgIpc) is 3.34. The lowest BCUT2D eigenvalue weighted by atomic mass is 9.74. The molecular formula is C36H47N2+. The van der Waals surface area contributed by atoms with Crippen molar-refractivity contribution >= 4 is 17.1 Å². The fourth-order valence-corrected chi connectivity index (χ4v) is 7.38. The summed E-state index contributed by atoms with van der Waals surface area (Å²) in [5, 5.41) is 0. The minimum absolute atomic E-state index is 0.250. The number of fused-ring (bicyclic) bond motifs is 2. The van der Waals surface area contributed by atoms with E-state index < -0.39 is 0 Å². The smallest absolute Gasteiger partial charge is 0.212 e. The van der Waals surface area contributed by atoms with Crippen LogP contribution in [0, 0.1) is 60.8 Å². The lowest BCUT2D eigenvalue weighted by Gasteiger charge is -2.31. The summed E-state index contributed by atoms with van der Waals surface area (Å²) in [4.78, 5) is 2.46. The zero-order valence-electron chi connectivity index (χ0n) is 26.0. The largest absolute Gasteiger partial charge is 0.347 e. The van der Waals surface area contributed by atoms with Gasteiger partial charge in [-0.05, 0) is 135 Å². The van der Waals surface area contributed by atoms with Crippen LogP contribution in [-0.2, 0) is 12.8 Å². The van der Waals surface area contributed by atoms with Gasteiger partial charge in [-0.25, -0.2) is 0 Å². The number of hydrogen-bond acceptors (Lipinski definition) is 1. The molecule has 0 radical (unpaired) electrons. The van der Waals surface area contributed by atoms with Gasteiger partial charge in [0.25, 0.3) is 0 Å². The summed E-state index contributed by atoms with van der Waals surface area (Å²) >= 11 is 0. The molecule has 2 nitrogen and oxygen atoms in total. The Morgan fingerprint density at radius 2 is 1.29 bits per heavy atom. The molecule has 0 saturated carbocycles. The van der Waals surface area contributed by atoms with Gasteiger partial charge in [0.05, 0.1) is 6.42 Å². The van der Waals surface area contributed by atoms with E-state index in [1.165, 1.54) is 89.6 Å². The fraction of sp³-hybridized carbons (Fsp3) is 0.472. The van der Waals surface area contributed by atoms with Crippen molar-refractivity contribution in [3.63, 3.8) is 0 Å². The quantitative estimate of drug-likeness (QED) is 0.369. The molecule has 0 unspecified atom stereocenters. The van der Waals surface area contributed by atoms with Gasteiger partial charge < -0.3 is 4.90 Å². The minimum Gasteiger partial charge on any atom is -0.347 e. The molecule has 0 spiro atoms. The van der Waals surface area contributed by atoms with Crippen LogP contribution in [-0.4, -0.2) is 24.4 Å². The van der Waals surface area contributed by atoms with E-state index >= 15 is 0 Å². The standard InChI is InChI=1S/C36H47N2/c1-20-22(3)26(7)34-32(24(20)5)16-30(37(34)11)14-28-13-29(19-36(9,10)18-28)15-31-17-33-25(6)21(2)23(4)27(8)35(33)38(31)12/h13-15H,16-19H2,1-12H3/q+1. The number of benzene rings is 2. The van der Waals surface area contributed by atoms with Crippen molar-refractivity contribution in [2.24, 2.45) is 5.41 Å². The molecule has 2 aliphatic heterocycles. The number of rotatable bonds is 2. The van der Waals surface area contributed by atoms with Crippen LogP contribution in [0.3, 0.4) is 0 Å². The molecule has 5 rings (SSSR count). The van der Waals surface area contributed by atoms with Crippen molar-refractivity contribution in [2.75, 3.05) is 19.0 Å². The van der Waals surface area contributed by atoms with Gasteiger partial charge in [-0.2, -0.15) is 4.58 Å². The van der Waals surface area contributed by atoms with Crippen molar-refractivity contribution in [3.05, 3.63) is 90.7 Å². The second-order valence-corrected chi connectivity index (χ2v) is 13.2. The van der Waals surface area contributed by atoms with Crippen LogP contribution in [0.5, 0.6) is 0 Å². The highest BCUT2D eigenvalue weighted by atomic mass is 15.1. The second kappa shape index (κ2) is 9.11. The topological polar surface area (TPSA) is 6.25 Å². The Labute approximate surface area is 231 Å². The van der Waals surface area contributed by atoms with Crippen LogP contribution in [0.25, 0.3) is 0 Å². The van der Waals surface area contributed by atoms with Crippen LogP contribution in [0.1, 0.15) is 82.3 Å². The molecule has 0 aromatic heterocycles. The van der Waals surface area contributed by atoms with Gasteiger partial charge in [-0.1, -0.05) is 19.9 Å². The van der Waals surface area contributed by atoms with Gasteiger partial charge in [0.2, 0.25) is 5.69 Å². The molecule has 2 heteroatoms. The zero-order chi connectivity index (χ0) is 27.8. The number of anilines is 1. The van der Waals surface area contributed by atoms with E-state index in [0.29, 0.717) is 0 Å². The van der Waals surface area contributed by atoms with E-state index in [9.17, 15) is 0 Å². The molecule has 0 atom stereocenters. The van der Waals surface area contributed by atoms with Crippen molar-refractivity contribution in [2.45, 2.75) is 94.9 Å². The Kier molecular flexibility index (Phi) is 6.41. The Hall–Kier alpha value is -2.87. The molecule has 1 aliphatic carbocycles. The van der Waals surface area contributed by atoms with E-state index in [1.807, 2.05) is 0 Å². The maximum Gasteiger partial charge on any atom is 0.212 e. The Morgan fingerprint density at radius 3 is 1.95 bits per heavy atom. The first-order chi connectivity index (χ1) is 17.7. The van der Waals surface area contributed by atoms with E-state index in [0.717, 1.165) is 25.7 Å². The third kappa shape index (κ3) is 4.12. The average molecular weight is 508 g/mol. The molecule has 0 fully saturated rings. The van der Waals surface area contributed by atoms with Crippen LogP contribution >= 0.6 is 0 Å². The number of allylic oxidation sites excluding steroid dienone is 6. The van der Waals surface area contributed by atoms with Crippen molar-refractivity contribution in [3.8, 4) is 0 Å². The molecular weight excluding hydrogens is 460 g/mol. The van der Waals surface area contributed by atoms with Crippen LogP contribution < -0.4 is 4.90 Å². The summed E-state index contributed by atoms with van der Waals surface area (Å²) in [6, 6.07) is 0. The predicted molar refractivity (Wildman–Crippen MR) is 165 cm³/mol. The number of likely N-dealkylation sites (N-methyl/N-ethyl adjacent to an activating group) is 1. The molecule has 0 amide bonds. The van der Waals surface area contributed by atoms with Gasteiger partial charge in [-0.3, -0.25) is 0 Å². The monoisotopic (exact) mass is 507 g/mol. The first-order valence-electron chi connectivity index (χ1n) is 14.3. The lowest BCUT2D eigenvalue weighted by molar-refractivity contribution is -0.401. The van der Waals surface area contributed by atoms with Gasteiger partial charge in [0.1, 0.15) is 7.05 Å². The van der Waals surface area contributed by atoms with E-state index in [4.69, 9.17) is 0 Å².